The molecule has 0 aliphatic heterocycles. The number of amides is 1. The molecule has 2 aromatic rings. The van der Waals surface area contributed by atoms with E-state index in [0.717, 1.165) is 5.56 Å². The fourth-order valence-electron chi connectivity index (χ4n) is 3.26. The van der Waals surface area contributed by atoms with Crippen LogP contribution < -0.4 is 0 Å². The van der Waals surface area contributed by atoms with Gasteiger partial charge < -0.3 is 19.8 Å². The Kier molecular flexibility index (Phi) is 5.42. The number of benzene rings is 1. The quantitative estimate of drug-likeness (QED) is 0.879. The zero-order valence-corrected chi connectivity index (χ0v) is 14.8. The van der Waals surface area contributed by atoms with Gasteiger partial charge in [-0.2, -0.15) is 0 Å². The molecule has 0 saturated heterocycles. The maximum absolute atomic E-state index is 12.3. The standard InChI is InChI=1S/C20H24N2O4/c1-22(14-15-5-3-2-4-6-15)19(24)26-17-9-11-20(25,12-10-17)18-8-7-16(23)13-21-18/h2-8,13,17,23,25H,9-12,14H2,1H3. The number of aromatic nitrogens is 1. The van der Waals surface area contributed by atoms with E-state index in [0.29, 0.717) is 37.9 Å². The van der Waals surface area contributed by atoms with Crippen molar-refractivity contribution in [3.05, 3.63) is 59.9 Å². The third-order valence-electron chi connectivity index (χ3n) is 4.83. The van der Waals surface area contributed by atoms with Crippen LogP contribution >= 0.6 is 0 Å². The summed E-state index contributed by atoms with van der Waals surface area (Å²) in [5, 5.41) is 20.1. The number of rotatable bonds is 4. The van der Waals surface area contributed by atoms with Gasteiger partial charge in [-0.25, -0.2) is 4.79 Å². The number of pyridine rings is 1. The van der Waals surface area contributed by atoms with Crippen molar-refractivity contribution in [1.29, 1.82) is 0 Å². The van der Waals surface area contributed by atoms with Crippen molar-refractivity contribution < 1.29 is 19.7 Å². The van der Waals surface area contributed by atoms with Crippen molar-refractivity contribution in [2.45, 2.75) is 43.9 Å². The highest BCUT2D eigenvalue weighted by atomic mass is 16.6. The molecule has 1 aliphatic rings. The topological polar surface area (TPSA) is 82.9 Å². The van der Waals surface area contributed by atoms with Gasteiger partial charge in [-0.1, -0.05) is 30.3 Å². The average molecular weight is 356 g/mol. The van der Waals surface area contributed by atoms with Crippen LogP contribution in [0.25, 0.3) is 0 Å². The molecule has 0 radical (unpaired) electrons. The number of hydrogen-bond donors (Lipinski definition) is 2. The largest absolute Gasteiger partial charge is 0.506 e. The predicted octanol–water partition coefficient (Wildman–Crippen LogP) is 3.19. The lowest BCUT2D eigenvalue weighted by molar-refractivity contribution is -0.0472. The SMILES string of the molecule is CN(Cc1ccccc1)C(=O)OC1CCC(O)(c2ccc(O)cn2)CC1. The third kappa shape index (κ3) is 4.32. The molecule has 0 spiro atoms. The smallest absolute Gasteiger partial charge is 0.410 e. The van der Waals surface area contributed by atoms with E-state index in [1.54, 1.807) is 18.0 Å². The second kappa shape index (κ2) is 7.74. The molecule has 1 aromatic heterocycles. The first-order valence-corrected chi connectivity index (χ1v) is 8.80. The number of aromatic hydroxyl groups is 1. The molecule has 0 bridgehead atoms. The van der Waals surface area contributed by atoms with Crippen molar-refractivity contribution in [2.24, 2.45) is 0 Å². The Morgan fingerprint density at radius 2 is 1.92 bits per heavy atom. The lowest BCUT2D eigenvalue weighted by Gasteiger charge is -2.35. The van der Waals surface area contributed by atoms with Crippen LogP contribution in [0.2, 0.25) is 0 Å². The van der Waals surface area contributed by atoms with E-state index >= 15 is 0 Å². The molecule has 3 rings (SSSR count). The van der Waals surface area contributed by atoms with Crippen LogP contribution in [0, 0.1) is 0 Å². The Morgan fingerprint density at radius 1 is 1.23 bits per heavy atom. The number of carbonyl (C=O) groups is 1. The van der Waals surface area contributed by atoms with Gasteiger partial charge in [0.25, 0.3) is 0 Å². The molecule has 6 heteroatoms. The second-order valence-corrected chi connectivity index (χ2v) is 6.86. The van der Waals surface area contributed by atoms with E-state index < -0.39 is 5.60 Å². The summed E-state index contributed by atoms with van der Waals surface area (Å²) in [5.74, 6) is 0.0708. The van der Waals surface area contributed by atoms with Gasteiger partial charge in [0.1, 0.15) is 17.5 Å². The maximum Gasteiger partial charge on any atom is 0.410 e. The van der Waals surface area contributed by atoms with E-state index in [1.165, 1.54) is 12.3 Å². The minimum Gasteiger partial charge on any atom is -0.506 e. The molecule has 0 unspecified atom stereocenters. The van der Waals surface area contributed by atoms with Crippen LogP contribution in [0.5, 0.6) is 5.75 Å². The summed E-state index contributed by atoms with van der Waals surface area (Å²) < 4.78 is 5.59. The number of ether oxygens (including phenoxy) is 1. The normalized spacial score (nSPS) is 22.6. The number of hydrogen-bond acceptors (Lipinski definition) is 5. The van der Waals surface area contributed by atoms with Crippen LogP contribution in [0.3, 0.4) is 0 Å². The fraction of sp³-hybridized carbons (Fsp3) is 0.400. The lowest BCUT2D eigenvalue weighted by Crippen LogP contribution is -2.38. The minimum absolute atomic E-state index is 0.0708. The first-order valence-electron chi connectivity index (χ1n) is 8.80. The highest BCUT2D eigenvalue weighted by Gasteiger charge is 2.37. The zero-order valence-electron chi connectivity index (χ0n) is 14.8. The van der Waals surface area contributed by atoms with Crippen molar-refractivity contribution in [3.63, 3.8) is 0 Å². The van der Waals surface area contributed by atoms with Crippen LogP contribution in [0.15, 0.2) is 48.7 Å². The summed E-state index contributed by atoms with van der Waals surface area (Å²) >= 11 is 0. The fourth-order valence-corrected chi connectivity index (χ4v) is 3.26. The number of aliphatic hydroxyl groups is 1. The highest BCUT2D eigenvalue weighted by molar-refractivity contribution is 5.67. The third-order valence-corrected chi connectivity index (χ3v) is 4.83. The summed E-state index contributed by atoms with van der Waals surface area (Å²) in [5.41, 5.74) is 0.552. The van der Waals surface area contributed by atoms with E-state index in [9.17, 15) is 15.0 Å². The summed E-state index contributed by atoms with van der Waals surface area (Å²) in [4.78, 5) is 18.0. The molecule has 0 atom stereocenters. The molecule has 1 amide bonds. The van der Waals surface area contributed by atoms with Gasteiger partial charge in [0.15, 0.2) is 0 Å². The van der Waals surface area contributed by atoms with E-state index in [4.69, 9.17) is 4.74 Å². The average Bonchev–Trinajstić information content (AvgIpc) is 2.65. The predicted molar refractivity (Wildman–Crippen MR) is 96.4 cm³/mol. The zero-order chi connectivity index (χ0) is 18.6. The molecule has 1 aliphatic carbocycles. The Balaban J connectivity index is 1.51. The van der Waals surface area contributed by atoms with Crippen LogP contribution in [0.1, 0.15) is 36.9 Å². The van der Waals surface area contributed by atoms with Gasteiger partial charge in [-0.3, -0.25) is 4.98 Å². The number of carbonyl (C=O) groups excluding carboxylic acids is 1. The van der Waals surface area contributed by atoms with E-state index in [-0.39, 0.29) is 17.9 Å². The summed E-state index contributed by atoms with van der Waals surface area (Å²) in [7, 11) is 1.72. The maximum atomic E-state index is 12.3. The van der Waals surface area contributed by atoms with Gasteiger partial charge in [-0.15, -0.1) is 0 Å². The monoisotopic (exact) mass is 356 g/mol. The molecule has 138 valence electrons. The molecule has 2 N–H and O–H groups in total. The first-order chi connectivity index (χ1) is 12.5. The van der Waals surface area contributed by atoms with Crippen molar-refractivity contribution in [3.8, 4) is 5.75 Å². The molecule has 26 heavy (non-hydrogen) atoms. The van der Waals surface area contributed by atoms with Gasteiger partial charge in [-0.05, 0) is 43.4 Å². The first kappa shape index (κ1) is 18.2. The Bertz CT molecular complexity index is 725. The summed E-state index contributed by atoms with van der Waals surface area (Å²) in [6.45, 7) is 0.494. The molecular formula is C20H24N2O4. The Morgan fingerprint density at radius 3 is 2.54 bits per heavy atom. The van der Waals surface area contributed by atoms with Crippen LogP contribution in [-0.2, 0) is 16.9 Å². The van der Waals surface area contributed by atoms with Crippen molar-refractivity contribution >= 4 is 6.09 Å². The van der Waals surface area contributed by atoms with Crippen molar-refractivity contribution in [2.75, 3.05) is 7.05 Å². The van der Waals surface area contributed by atoms with Gasteiger partial charge in [0.2, 0.25) is 0 Å². The second-order valence-electron chi connectivity index (χ2n) is 6.86. The van der Waals surface area contributed by atoms with Gasteiger partial charge >= 0.3 is 6.09 Å². The van der Waals surface area contributed by atoms with Gasteiger partial charge in [0.05, 0.1) is 11.9 Å². The molecule has 1 heterocycles. The minimum atomic E-state index is -1.04. The molecule has 1 fully saturated rings. The Hall–Kier alpha value is -2.60. The highest BCUT2D eigenvalue weighted by Crippen LogP contribution is 2.37. The van der Waals surface area contributed by atoms with E-state index in [2.05, 4.69) is 4.98 Å². The van der Waals surface area contributed by atoms with Crippen LogP contribution in [-0.4, -0.2) is 39.3 Å². The summed E-state index contributed by atoms with van der Waals surface area (Å²) in [6, 6.07) is 12.9. The lowest BCUT2D eigenvalue weighted by atomic mass is 9.81. The Labute approximate surface area is 153 Å². The van der Waals surface area contributed by atoms with E-state index in [1.807, 2.05) is 30.3 Å². The summed E-state index contributed by atoms with van der Waals surface area (Å²) in [6.07, 6.45) is 2.84. The molecule has 1 aromatic carbocycles. The molecule has 6 nitrogen and oxygen atoms in total. The van der Waals surface area contributed by atoms with Crippen LogP contribution in [0.4, 0.5) is 4.79 Å². The molecular weight excluding hydrogens is 332 g/mol. The molecule has 1 saturated carbocycles. The number of nitrogens with zero attached hydrogens (tertiary/aromatic N) is 2. The van der Waals surface area contributed by atoms with Gasteiger partial charge in [0, 0.05) is 13.6 Å². The van der Waals surface area contributed by atoms with Crippen molar-refractivity contribution in [1.82, 2.24) is 9.88 Å².